The molecule has 0 radical (unpaired) electrons. The molecule has 0 atom stereocenters. The number of anilines is 1. The summed E-state index contributed by atoms with van der Waals surface area (Å²) in [5, 5.41) is 14.6. The van der Waals surface area contributed by atoms with E-state index in [0.717, 1.165) is 43.4 Å². The summed E-state index contributed by atoms with van der Waals surface area (Å²) in [6.07, 6.45) is 2.87. The average molecular weight is 252 g/mol. The Balaban J connectivity index is 2.11. The fourth-order valence-electron chi connectivity index (χ4n) is 2.64. The van der Waals surface area contributed by atoms with Crippen molar-refractivity contribution in [2.75, 3.05) is 31.1 Å². The van der Waals surface area contributed by atoms with E-state index in [1.54, 1.807) is 6.20 Å². The van der Waals surface area contributed by atoms with Gasteiger partial charge in [-0.15, -0.1) is 0 Å². The molecule has 0 aliphatic carbocycles. The van der Waals surface area contributed by atoms with E-state index in [1.165, 1.54) is 5.69 Å². The van der Waals surface area contributed by atoms with Gasteiger partial charge < -0.3 is 10.2 Å². The van der Waals surface area contributed by atoms with E-state index in [1.807, 2.05) is 18.2 Å². The Morgan fingerprint density at radius 1 is 1.16 bits per heavy atom. The van der Waals surface area contributed by atoms with Gasteiger partial charge in [0.15, 0.2) is 0 Å². The minimum absolute atomic E-state index is 0.507. The highest BCUT2D eigenvalue weighted by atomic mass is 15.2. The third-order valence-electron chi connectivity index (χ3n) is 3.57. The van der Waals surface area contributed by atoms with Crippen LogP contribution in [0.4, 0.5) is 5.69 Å². The highest BCUT2D eigenvalue weighted by Gasteiger charge is 2.13. The Morgan fingerprint density at radius 2 is 2.11 bits per heavy atom. The van der Waals surface area contributed by atoms with Crippen molar-refractivity contribution in [3.8, 4) is 6.07 Å². The number of nitrogens with one attached hydrogen (secondary N) is 1. The van der Waals surface area contributed by atoms with Crippen LogP contribution in [0.3, 0.4) is 0 Å². The van der Waals surface area contributed by atoms with Gasteiger partial charge in [0.1, 0.15) is 11.8 Å². The second kappa shape index (κ2) is 5.25. The molecule has 1 aliphatic rings. The number of benzene rings is 1. The summed E-state index contributed by atoms with van der Waals surface area (Å²) in [5.41, 5.74) is 1.72. The molecule has 0 bridgehead atoms. The Morgan fingerprint density at radius 3 is 3.00 bits per heavy atom. The molecule has 2 aromatic rings. The maximum absolute atomic E-state index is 9.15. The molecular formula is C15H16N4. The maximum Gasteiger partial charge on any atom is 0.148 e. The van der Waals surface area contributed by atoms with Crippen molar-refractivity contribution in [2.45, 2.75) is 6.42 Å². The summed E-state index contributed by atoms with van der Waals surface area (Å²) < 4.78 is 0. The number of hydrogen-bond donors (Lipinski definition) is 1. The monoisotopic (exact) mass is 252 g/mol. The molecule has 4 nitrogen and oxygen atoms in total. The molecule has 0 amide bonds. The quantitative estimate of drug-likeness (QED) is 0.842. The van der Waals surface area contributed by atoms with Gasteiger partial charge in [-0.25, -0.2) is 4.98 Å². The number of hydrogen-bond acceptors (Lipinski definition) is 4. The zero-order chi connectivity index (χ0) is 13.1. The van der Waals surface area contributed by atoms with E-state index in [-0.39, 0.29) is 0 Å². The summed E-state index contributed by atoms with van der Waals surface area (Å²) in [6.45, 7) is 4.14. The molecule has 1 N–H and O–H groups in total. The third kappa shape index (κ3) is 2.25. The molecule has 1 aliphatic heterocycles. The van der Waals surface area contributed by atoms with E-state index in [2.05, 4.69) is 27.3 Å². The predicted octanol–water partition coefficient (Wildman–Crippen LogP) is 1.91. The van der Waals surface area contributed by atoms with Crippen LogP contribution in [0.15, 0.2) is 30.5 Å². The van der Waals surface area contributed by atoms with Gasteiger partial charge in [-0.3, -0.25) is 0 Å². The fourth-order valence-corrected chi connectivity index (χ4v) is 2.64. The van der Waals surface area contributed by atoms with Crippen LogP contribution < -0.4 is 10.2 Å². The minimum atomic E-state index is 0.507. The lowest BCUT2D eigenvalue weighted by molar-refractivity contribution is 0.724. The summed E-state index contributed by atoms with van der Waals surface area (Å²) >= 11 is 0. The Hall–Kier alpha value is -2.12. The minimum Gasteiger partial charge on any atom is -0.370 e. The Labute approximate surface area is 112 Å². The van der Waals surface area contributed by atoms with Crippen molar-refractivity contribution in [2.24, 2.45) is 0 Å². The maximum atomic E-state index is 9.15. The standard InChI is InChI=1S/C15H16N4/c16-11-14-12-3-1-4-15(13(12)5-7-18-14)19-9-2-6-17-8-10-19/h1,3-5,7,17H,2,6,8-10H2. The molecule has 0 unspecified atom stereocenters. The van der Waals surface area contributed by atoms with Crippen molar-refractivity contribution in [1.82, 2.24) is 10.3 Å². The van der Waals surface area contributed by atoms with Gasteiger partial charge in [0.2, 0.25) is 0 Å². The van der Waals surface area contributed by atoms with Crippen LogP contribution in [0.2, 0.25) is 0 Å². The molecule has 4 heteroatoms. The lowest BCUT2D eigenvalue weighted by Crippen LogP contribution is -2.27. The van der Waals surface area contributed by atoms with Crippen LogP contribution in [0, 0.1) is 11.3 Å². The Bertz CT molecular complexity index is 622. The van der Waals surface area contributed by atoms with E-state index >= 15 is 0 Å². The molecule has 1 fully saturated rings. The normalized spacial score (nSPS) is 16.1. The van der Waals surface area contributed by atoms with Crippen LogP contribution in [-0.2, 0) is 0 Å². The largest absolute Gasteiger partial charge is 0.370 e. The molecule has 19 heavy (non-hydrogen) atoms. The van der Waals surface area contributed by atoms with Gasteiger partial charge in [0.05, 0.1) is 0 Å². The number of pyridine rings is 1. The predicted molar refractivity (Wildman–Crippen MR) is 76.2 cm³/mol. The molecule has 96 valence electrons. The van der Waals surface area contributed by atoms with Gasteiger partial charge >= 0.3 is 0 Å². The van der Waals surface area contributed by atoms with Crippen LogP contribution in [0.1, 0.15) is 12.1 Å². The van der Waals surface area contributed by atoms with Gasteiger partial charge in [-0.2, -0.15) is 5.26 Å². The van der Waals surface area contributed by atoms with Crippen molar-refractivity contribution in [3.05, 3.63) is 36.2 Å². The second-order valence-electron chi connectivity index (χ2n) is 4.73. The first-order valence-corrected chi connectivity index (χ1v) is 6.63. The zero-order valence-electron chi connectivity index (χ0n) is 10.8. The molecule has 0 saturated carbocycles. The molecule has 2 heterocycles. The van der Waals surface area contributed by atoms with Gasteiger partial charge in [-0.1, -0.05) is 12.1 Å². The van der Waals surface area contributed by atoms with E-state index in [0.29, 0.717) is 5.69 Å². The highest BCUT2D eigenvalue weighted by Crippen LogP contribution is 2.28. The van der Waals surface area contributed by atoms with E-state index in [4.69, 9.17) is 5.26 Å². The summed E-state index contributed by atoms with van der Waals surface area (Å²) in [5.74, 6) is 0. The topological polar surface area (TPSA) is 52.0 Å². The van der Waals surface area contributed by atoms with Crippen LogP contribution in [0.25, 0.3) is 10.8 Å². The molecule has 1 saturated heterocycles. The highest BCUT2D eigenvalue weighted by molar-refractivity contribution is 5.96. The first kappa shape index (κ1) is 11.9. The first-order chi connectivity index (χ1) is 9.40. The zero-order valence-corrected chi connectivity index (χ0v) is 10.8. The van der Waals surface area contributed by atoms with E-state index in [9.17, 15) is 0 Å². The molecule has 3 rings (SSSR count). The Kier molecular flexibility index (Phi) is 3.30. The third-order valence-corrected chi connectivity index (χ3v) is 3.57. The number of aromatic nitrogens is 1. The molecule has 0 spiro atoms. The number of nitriles is 1. The lowest BCUT2D eigenvalue weighted by atomic mass is 10.1. The first-order valence-electron chi connectivity index (χ1n) is 6.63. The van der Waals surface area contributed by atoms with Gasteiger partial charge in [0.25, 0.3) is 0 Å². The van der Waals surface area contributed by atoms with Crippen molar-refractivity contribution >= 4 is 16.5 Å². The molecule has 1 aromatic carbocycles. The number of nitrogens with zero attached hydrogens (tertiary/aromatic N) is 3. The van der Waals surface area contributed by atoms with Crippen LogP contribution in [-0.4, -0.2) is 31.2 Å². The van der Waals surface area contributed by atoms with Gasteiger partial charge in [-0.05, 0) is 25.1 Å². The lowest BCUT2D eigenvalue weighted by Gasteiger charge is -2.24. The van der Waals surface area contributed by atoms with Crippen molar-refractivity contribution in [1.29, 1.82) is 5.26 Å². The average Bonchev–Trinajstić information content (AvgIpc) is 2.75. The van der Waals surface area contributed by atoms with Gasteiger partial charge in [0, 0.05) is 42.3 Å². The fraction of sp³-hybridized carbons (Fsp3) is 0.333. The SMILES string of the molecule is N#Cc1nccc2c(N3CCCNCC3)cccc12. The summed E-state index contributed by atoms with van der Waals surface area (Å²) in [7, 11) is 0. The summed E-state index contributed by atoms with van der Waals surface area (Å²) in [6, 6.07) is 10.3. The van der Waals surface area contributed by atoms with Crippen LogP contribution in [0.5, 0.6) is 0 Å². The summed E-state index contributed by atoms with van der Waals surface area (Å²) in [4.78, 5) is 6.53. The smallest absolute Gasteiger partial charge is 0.148 e. The van der Waals surface area contributed by atoms with Crippen molar-refractivity contribution in [3.63, 3.8) is 0 Å². The van der Waals surface area contributed by atoms with E-state index < -0.39 is 0 Å². The van der Waals surface area contributed by atoms with Crippen LogP contribution >= 0.6 is 0 Å². The number of rotatable bonds is 1. The molecule has 1 aromatic heterocycles. The number of fused-ring (bicyclic) bond motifs is 1. The second-order valence-corrected chi connectivity index (χ2v) is 4.73. The molecular weight excluding hydrogens is 236 g/mol. The van der Waals surface area contributed by atoms with Crippen molar-refractivity contribution < 1.29 is 0 Å².